The van der Waals surface area contributed by atoms with Gasteiger partial charge in [-0.3, -0.25) is 0 Å². The maximum absolute atomic E-state index is 2.24. The van der Waals surface area contributed by atoms with Gasteiger partial charge in [0, 0.05) is 0 Å². The molecule has 0 aliphatic rings. The second-order valence-electron chi connectivity index (χ2n) is 2.76. The molecule has 0 nitrogen and oxygen atoms in total. The molecule has 0 bridgehead atoms. The summed E-state index contributed by atoms with van der Waals surface area (Å²) in [4.78, 5) is 0. The van der Waals surface area contributed by atoms with Gasteiger partial charge in [-0.05, 0) is 11.0 Å². The fourth-order valence-electron chi connectivity index (χ4n) is 1.13. The molecule has 13 heavy (non-hydrogen) atoms. The summed E-state index contributed by atoms with van der Waals surface area (Å²) in [6, 6.07) is 2.24. The largest absolute Gasteiger partial charge is 3.00 e. The maximum Gasteiger partial charge on any atom is 3.00 e. The van der Waals surface area contributed by atoms with Crippen LogP contribution in [0.2, 0.25) is 0 Å². The van der Waals surface area contributed by atoms with Crippen LogP contribution >= 0.6 is 0 Å². The summed E-state index contributed by atoms with van der Waals surface area (Å²) in [7, 11) is 0. The van der Waals surface area contributed by atoms with Crippen LogP contribution in [-0.2, 0) is 26.2 Å². The summed E-state index contributed by atoms with van der Waals surface area (Å²) in [5, 5.41) is 0. The van der Waals surface area contributed by atoms with Gasteiger partial charge in [-0.25, -0.2) is 0 Å². The van der Waals surface area contributed by atoms with Gasteiger partial charge < -0.3 is 24.8 Å². The number of hydrogen-bond donors (Lipinski definition) is 0. The molecule has 2 radical (unpaired) electrons. The zero-order chi connectivity index (χ0) is 7.02. The van der Waals surface area contributed by atoms with Crippen LogP contribution in [0.15, 0.2) is 6.07 Å². The first-order valence-electron chi connectivity index (χ1n) is 3.33. The molecule has 0 aliphatic heterocycles. The van der Waals surface area contributed by atoms with E-state index < -0.39 is 0 Å². The van der Waals surface area contributed by atoms with Crippen molar-refractivity contribution in [3.8, 4) is 0 Å². The van der Waals surface area contributed by atoms with E-state index in [0.717, 1.165) is 0 Å². The van der Waals surface area contributed by atoms with Crippen LogP contribution in [0.1, 0.15) is 22.3 Å². The summed E-state index contributed by atoms with van der Waals surface area (Å²) in [5.41, 5.74) is 5.75. The van der Waals surface area contributed by atoms with E-state index in [1.807, 2.05) is 0 Å². The van der Waals surface area contributed by atoms with Crippen LogP contribution in [0, 0.1) is 27.7 Å². The first-order chi connectivity index (χ1) is 4.13. The van der Waals surface area contributed by atoms with E-state index >= 15 is 0 Å². The van der Waals surface area contributed by atoms with Crippen LogP contribution in [0.5, 0.6) is 0 Å². The van der Waals surface area contributed by atoms with E-state index in [-0.39, 0.29) is 62.0 Å². The van der Waals surface area contributed by atoms with Crippen LogP contribution in [0.4, 0.5) is 0 Å². The molecule has 4 heteroatoms. The van der Waals surface area contributed by atoms with E-state index in [9.17, 15) is 0 Å². The van der Waals surface area contributed by atoms with E-state index in [0.29, 0.717) is 0 Å². The minimum atomic E-state index is 0. The Bertz CT molecular complexity index is 211. The van der Waals surface area contributed by atoms with Crippen LogP contribution in [-0.4, -0.2) is 11.0 Å². The minimum absolute atomic E-state index is 0. The molecule has 0 amide bonds. The Hall–Kier alpha value is 1.03. The molecule has 0 N–H and O–H groups in total. The summed E-state index contributed by atoms with van der Waals surface area (Å²) < 4.78 is 0. The number of hydrogen-bond acceptors (Lipinski definition) is 0. The molecule has 1 rings (SSSR count). The van der Waals surface area contributed by atoms with E-state index in [2.05, 4.69) is 33.8 Å². The van der Waals surface area contributed by atoms with Crippen LogP contribution < -0.4 is 24.8 Å². The third-order valence-electron chi connectivity index (χ3n) is 2.18. The Morgan fingerprint density at radius 2 is 1.00 bits per heavy atom. The van der Waals surface area contributed by atoms with Crippen molar-refractivity contribution in [3.63, 3.8) is 0 Å². The summed E-state index contributed by atoms with van der Waals surface area (Å²) >= 11 is 0. The van der Waals surface area contributed by atoms with Gasteiger partial charge in [-0.2, -0.15) is 28.3 Å². The molecule has 0 aliphatic carbocycles. The molecule has 0 heterocycles. The second-order valence-corrected chi connectivity index (χ2v) is 2.76. The molecular formula is C9H16Cl2SiZr. The van der Waals surface area contributed by atoms with Crippen molar-refractivity contribution < 1.29 is 51.0 Å². The van der Waals surface area contributed by atoms with Crippen LogP contribution in [0.3, 0.4) is 0 Å². The Kier molecular flexibility index (Phi) is 17.4. The average molecular weight is 314 g/mol. The molecule has 1 aromatic carbocycles. The molecular weight excluding hydrogens is 298 g/mol. The fourth-order valence-corrected chi connectivity index (χ4v) is 1.13. The normalized spacial score (nSPS) is 7.08. The first-order valence-corrected chi connectivity index (χ1v) is 3.33. The summed E-state index contributed by atoms with van der Waals surface area (Å²) in [6.45, 7) is 8.68. The van der Waals surface area contributed by atoms with Gasteiger partial charge >= 0.3 is 26.2 Å². The maximum atomic E-state index is 2.24. The monoisotopic (exact) mass is 312 g/mol. The number of halogens is 2. The van der Waals surface area contributed by atoms with Gasteiger partial charge in [-0.15, -0.1) is 0 Å². The summed E-state index contributed by atoms with van der Waals surface area (Å²) in [6.07, 6.45) is 0. The Labute approximate surface area is 117 Å². The zero-order valence-electron chi connectivity index (χ0n) is 8.83. The van der Waals surface area contributed by atoms with Crippen molar-refractivity contribution in [2.75, 3.05) is 0 Å². The molecule has 0 saturated carbocycles. The predicted molar refractivity (Wildman–Crippen MR) is 50.9 cm³/mol. The smallest absolute Gasteiger partial charge is 1.00 e. The van der Waals surface area contributed by atoms with Gasteiger partial charge in [0.15, 0.2) is 0 Å². The first kappa shape index (κ1) is 23.7. The van der Waals surface area contributed by atoms with Crippen molar-refractivity contribution in [1.82, 2.24) is 0 Å². The third-order valence-corrected chi connectivity index (χ3v) is 2.18. The standard InChI is InChI=1S/C9H13.2ClH.H3Si.Zr/c1-6-5-7(2)9(4)8(6)3;;;;/h5H,1-4H3;2*1H;1H3;/q-1;;;;+3/p-2. The van der Waals surface area contributed by atoms with E-state index in [4.69, 9.17) is 0 Å². The number of aryl methyl sites for hydroxylation is 2. The Morgan fingerprint density at radius 1 is 0.769 bits per heavy atom. The Balaban J connectivity index is -0.000000101. The van der Waals surface area contributed by atoms with Crippen molar-refractivity contribution in [2.45, 2.75) is 27.7 Å². The van der Waals surface area contributed by atoms with Gasteiger partial charge in [0.05, 0.1) is 0 Å². The molecule has 0 saturated heterocycles. The molecule has 0 fully saturated rings. The summed E-state index contributed by atoms with van der Waals surface area (Å²) in [5.74, 6) is 0. The molecule has 74 valence electrons. The molecule has 0 spiro atoms. The molecule has 0 unspecified atom stereocenters. The quantitative estimate of drug-likeness (QED) is 0.334. The average Bonchev–Trinajstić information content (AvgIpc) is 1.98. The van der Waals surface area contributed by atoms with Crippen molar-refractivity contribution >= 4 is 11.0 Å². The van der Waals surface area contributed by atoms with Crippen molar-refractivity contribution in [3.05, 3.63) is 28.3 Å². The minimum Gasteiger partial charge on any atom is -1.00 e. The second kappa shape index (κ2) is 9.58. The third kappa shape index (κ3) is 5.47. The van der Waals surface area contributed by atoms with Crippen LogP contribution in [0.25, 0.3) is 0 Å². The molecule has 0 aromatic heterocycles. The molecule has 0 atom stereocenters. The fraction of sp³-hybridized carbons (Fsp3) is 0.444. The Morgan fingerprint density at radius 3 is 1.08 bits per heavy atom. The van der Waals surface area contributed by atoms with E-state index in [1.165, 1.54) is 22.3 Å². The predicted octanol–water partition coefficient (Wildman–Crippen LogP) is -4.54. The van der Waals surface area contributed by atoms with Crippen molar-refractivity contribution in [2.24, 2.45) is 0 Å². The number of rotatable bonds is 0. The van der Waals surface area contributed by atoms with Crippen molar-refractivity contribution in [1.29, 1.82) is 0 Å². The van der Waals surface area contributed by atoms with Gasteiger partial charge in [0.1, 0.15) is 0 Å². The topological polar surface area (TPSA) is 0 Å². The van der Waals surface area contributed by atoms with E-state index in [1.54, 1.807) is 0 Å². The zero-order valence-corrected chi connectivity index (χ0v) is 14.8. The van der Waals surface area contributed by atoms with Gasteiger partial charge in [-0.1, -0.05) is 27.7 Å². The van der Waals surface area contributed by atoms with Gasteiger partial charge in [0.2, 0.25) is 0 Å². The SMILES string of the molecule is Cc1[cH-]c(C)c(C)c1C.[Cl-].[Cl-].[SiH3].[Zr+3]. The van der Waals surface area contributed by atoms with Gasteiger partial charge in [0.25, 0.3) is 0 Å². The molecule has 1 aromatic rings.